The maximum absolute atomic E-state index is 14.8. The van der Waals surface area contributed by atoms with Gasteiger partial charge in [-0.3, -0.25) is 4.90 Å². The summed E-state index contributed by atoms with van der Waals surface area (Å²) in [5.74, 6) is 1.93. The van der Waals surface area contributed by atoms with Crippen molar-refractivity contribution in [2.45, 2.75) is 13.8 Å². The zero-order chi connectivity index (χ0) is 23.1. The fraction of sp³-hybridized carbons (Fsp3) is 0.480. The minimum absolute atomic E-state index is 0.294. The molecule has 2 aliphatic rings. The first-order chi connectivity index (χ1) is 15.4. The van der Waals surface area contributed by atoms with E-state index in [9.17, 15) is 4.39 Å². The molecule has 2 aliphatic heterocycles. The summed E-state index contributed by atoms with van der Waals surface area (Å²) >= 11 is 0. The SMILES string of the molecule is C/C=C/C(=C1/N=C(N(C)CCN2CCN(C)CC2)C=CN1C)c1cc(OCC)ccc1F. The van der Waals surface area contributed by atoms with E-state index in [1.165, 1.54) is 6.07 Å². The summed E-state index contributed by atoms with van der Waals surface area (Å²) in [6.45, 7) is 10.7. The molecule has 0 aromatic heterocycles. The number of benzene rings is 1. The number of hydrogen-bond donors (Lipinski definition) is 0. The van der Waals surface area contributed by atoms with Crippen molar-refractivity contribution < 1.29 is 9.13 Å². The van der Waals surface area contributed by atoms with Crippen molar-refractivity contribution in [3.05, 3.63) is 59.8 Å². The van der Waals surface area contributed by atoms with Crippen LogP contribution < -0.4 is 4.74 Å². The molecule has 0 spiro atoms. The molecule has 174 valence electrons. The zero-order valence-corrected chi connectivity index (χ0v) is 20.0. The highest BCUT2D eigenvalue weighted by atomic mass is 19.1. The molecule has 32 heavy (non-hydrogen) atoms. The van der Waals surface area contributed by atoms with Crippen molar-refractivity contribution in [2.24, 2.45) is 4.99 Å². The zero-order valence-electron chi connectivity index (χ0n) is 20.0. The van der Waals surface area contributed by atoms with E-state index in [0.29, 0.717) is 23.7 Å². The number of piperazine rings is 1. The highest BCUT2D eigenvalue weighted by Crippen LogP contribution is 2.30. The van der Waals surface area contributed by atoms with Gasteiger partial charge in [0.1, 0.15) is 23.2 Å². The number of ether oxygens (including phenoxy) is 1. The van der Waals surface area contributed by atoms with Crippen LogP contribution in [-0.4, -0.2) is 92.5 Å². The molecule has 1 aromatic rings. The molecule has 0 radical (unpaired) electrons. The molecule has 6 nitrogen and oxygen atoms in total. The van der Waals surface area contributed by atoms with Crippen LogP contribution >= 0.6 is 0 Å². The topological polar surface area (TPSA) is 34.5 Å². The Morgan fingerprint density at radius 2 is 1.97 bits per heavy atom. The molecule has 0 unspecified atom stereocenters. The molecule has 1 fully saturated rings. The van der Waals surface area contributed by atoms with Crippen LogP contribution in [0.4, 0.5) is 4.39 Å². The molecule has 3 rings (SSSR count). The molecule has 0 N–H and O–H groups in total. The summed E-state index contributed by atoms with van der Waals surface area (Å²) in [5, 5.41) is 0. The fourth-order valence-electron chi connectivity index (χ4n) is 3.83. The third kappa shape index (κ3) is 5.99. The second-order valence-corrected chi connectivity index (χ2v) is 8.28. The maximum atomic E-state index is 14.8. The van der Waals surface area contributed by atoms with Crippen LogP contribution in [0.15, 0.2) is 53.4 Å². The molecule has 0 atom stereocenters. The summed E-state index contributed by atoms with van der Waals surface area (Å²) in [4.78, 5) is 13.9. The van der Waals surface area contributed by atoms with Gasteiger partial charge in [-0.15, -0.1) is 0 Å². The first kappa shape index (κ1) is 24.0. The Morgan fingerprint density at radius 3 is 2.66 bits per heavy atom. The summed E-state index contributed by atoms with van der Waals surface area (Å²) in [6.07, 6.45) is 7.81. The van der Waals surface area contributed by atoms with E-state index in [-0.39, 0.29) is 5.82 Å². The second kappa shape index (κ2) is 11.3. The van der Waals surface area contributed by atoms with Gasteiger partial charge >= 0.3 is 0 Å². The van der Waals surface area contributed by atoms with Crippen LogP contribution in [0.2, 0.25) is 0 Å². The van der Waals surface area contributed by atoms with Gasteiger partial charge in [-0.25, -0.2) is 9.38 Å². The van der Waals surface area contributed by atoms with Crippen molar-refractivity contribution >= 4 is 11.4 Å². The number of hydrogen-bond acceptors (Lipinski definition) is 6. The maximum Gasteiger partial charge on any atom is 0.142 e. The van der Waals surface area contributed by atoms with E-state index in [0.717, 1.165) is 50.7 Å². The Hall–Kier alpha value is -2.64. The molecular weight excluding hydrogens is 405 g/mol. The first-order valence-electron chi connectivity index (χ1n) is 11.3. The summed E-state index contributed by atoms with van der Waals surface area (Å²) in [6, 6.07) is 4.86. The normalized spacial score (nSPS) is 19.4. The van der Waals surface area contributed by atoms with Crippen LogP contribution in [0.5, 0.6) is 5.75 Å². The lowest BCUT2D eigenvalue weighted by Crippen LogP contribution is -2.47. The van der Waals surface area contributed by atoms with Crippen molar-refractivity contribution in [1.29, 1.82) is 0 Å². The van der Waals surface area contributed by atoms with Gasteiger partial charge in [-0.05, 0) is 45.2 Å². The Kier molecular flexibility index (Phi) is 8.47. The number of allylic oxidation sites excluding steroid dienone is 3. The van der Waals surface area contributed by atoms with Gasteiger partial charge in [0, 0.05) is 70.7 Å². The van der Waals surface area contributed by atoms with E-state index in [1.807, 2.05) is 50.2 Å². The predicted octanol–water partition coefficient (Wildman–Crippen LogP) is 3.51. The van der Waals surface area contributed by atoms with Gasteiger partial charge in [0.15, 0.2) is 0 Å². The monoisotopic (exact) mass is 441 g/mol. The minimum atomic E-state index is -0.294. The number of aliphatic imine (C=N–C) groups is 1. The lowest BCUT2D eigenvalue weighted by atomic mass is 10.0. The molecule has 0 bridgehead atoms. The van der Waals surface area contributed by atoms with Crippen LogP contribution in [0.1, 0.15) is 19.4 Å². The molecule has 1 aromatic carbocycles. The lowest BCUT2D eigenvalue weighted by molar-refractivity contribution is 0.149. The number of halogens is 1. The standard InChI is InChI=1S/C25H36FN5O/c1-6-8-21(22-19-20(32-7-2)9-10-23(22)26)25-27-24(11-12-30(25)5)29(4)15-18-31-16-13-28(3)14-17-31/h6,8-12,19H,7,13-18H2,1-5H3/b8-6+,25-21+. The molecular formula is C25H36FN5O. The summed E-state index contributed by atoms with van der Waals surface area (Å²) in [5.41, 5.74) is 1.21. The Labute approximate surface area is 191 Å². The number of rotatable bonds is 7. The van der Waals surface area contributed by atoms with E-state index in [2.05, 4.69) is 28.8 Å². The summed E-state index contributed by atoms with van der Waals surface area (Å²) < 4.78 is 20.5. The number of amidine groups is 1. The van der Waals surface area contributed by atoms with E-state index < -0.39 is 0 Å². The van der Waals surface area contributed by atoms with Gasteiger partial charge in [0.05, 0.1) is 6.61 Å². The highest BCUT2D eigenvalue weighted by Gasteiger charge is 2.20. The second-order valence-electron chi connectivity index (χ2n) is 8.28. The molecule has 1 saturated heterocycles. The third-order valence-electron chi connectivity index (χ3n) is 5.85. The Balaban J connectivity index is 1.86. The quantitative estimate of drug-likeness (QED) is 0.647. The summed E-state index contributed by atoms with van der Waals surface area (Å²) in [7, 11) is 6.17. The first-order valence-corrected chi connectivity index (χ1v) is 11.3. The fourth-order valence-corrected chi connectivity index (χ4v) is 3.83. The van der Waals surface area contributed by atoms with Crippen LogP contribution in [0.25, 0.3) is 5.57 Å². The molecule has 0 saturated carbocycles. The van der Waals surface area contributed by atoms with Gasteiger partial charge < -0.3 is 19.4 Å². The van der Waals surface area contributed by atoms with Gasteiger partial charge in [0.25, 0.3) is 0 Å². The van der Waals surface area contributed by atoms with Crippen molar-refractivity contribution in [3.63, 3.8) is 0 Å². The largest absolute Gasteiger partial charge is 0.494 e. The molecule has 2 heterocycles. The minimum Gasteiger partial charge on any atom is -0.494 e. The van der Waals surface area contributed by atoms with E-state index in [4.69, 9.17) is 9.73 Å². The third-order valence-corrected chi connectivity index (χ3v) is 5.85. The van der Waals surface area contributed by atoms with Gasteiger partial charge in [-0.2, -0.15) is 0 Å². The number of nitrogens with zero attached hydrogens (tertiary/aromatic N) is 5. The van der Waals surface area contributed by atoms with Crippen LogP contribution in [0, 0.1) is 5.82 Å². The van der Waals surface area contributed by atoms with E-state index >= 15 is 0 Å². The Morgan fingerprint density at radius 1 is 1.22 bits per heavy atom. The van der Waals surface area contributed by atoms with Gasteiger partial charge in [-0.1, -0.05) is 12.2 Å². The van der Waals surface area contributed by atoms with Crippen LogP contribution in [0.3, 0.4) is 0 Å². The van der Waals surface area contributed by atoms with Crippen molar-refractivity contribution in [2.75, 3.05) is 67.0 Å². The average Bonchev–Trinajstić information content (AvgIpc) is 2.79. The predicted molar refractivity (Wildman–Crippen MR) is 130 cm³/mol. The van der Waals surface area contributed by atoms with Crippen molar-refractivity contribution in [3.8, 4) is 5.75 Å². The molecule has 7 heteroatoms. The number of likely N-dealkylation sites (N-methyl/N-ethyl adjacent to an activating group) is 2. The highest BCUT2D eigenvalue weighted by molar-refractivity contribution is 5.95. The van der Waals surface area contributed by atoms with E-state index in [1.54, 1.807) is 12.1 Å². The lowest BCUT2D eigenvalue weighted by Gasteiger charge is -2.34. The van der Waals surface area contributed by atoms with Gasteiger partial charge in [0.2, 0.25) is 0 Å². The molecule has 0 amide bonds. The Bertz CT molecular complexity index is 900. The average molecular weight is 442 g/mol. The smallest absolute Gasteiger partial charge is 0.142 e. The van der Waals surface area contributed by atoms with Crippen LogP contribution in [-0.2, 0) is 0 Å². The molecule has 0 aliphatic carbocycles. The van der Waals surface area contributed by atoms with Crippen molar-refractivity contribution in [1.82, 2.24) is 19.6 Å².